The highest BCUT2D eigenvalue weighted by atomic mass is 19.1. The summed E-state index contributed by atoms with van der Waals surface area (Å²) in [6, 6.07) is 20.9. The molecule has 6 heteroatoms. The van der Waals surface area contributed by atoms with Gasteiger partial charge in [0.2, 0.25) is 5.89 Å². The van der Waals surface area contributed by atoms with Crippen molar-refractivity contribution in [2.24, 2.45) is 0 Å². The van der Waals surface area contributed by atoms with Gasteiger partial charge in [-0.2, -0.15) is 0 Å². The minimum atomic E-state index is -0.319. The van der Waals surface area contributed by atoms with Crippen molar-refractivity contribution < 1.29 is 18.3 Å². The molecule has 0 unspecified atom stereocenters. The van der Waals surface area contributed by atoms with Crippen LogP contribution in [-0.4, -0.2) is 24.5 Å². The zero-order valence-corrected chi connectivity index (χ0v) is 17.0. The molecule has 0 radical (unpaired) electrons. The molecule has 0 bridgehead atoms. The number of oxazole rings is 1. The van der Waals surface area contributed by atoms with E-state index in [9.17, 15) is 9.18 Å². The number of nitrogens with zero attached hydrogens (tertiary/aromatic N) is 1. The molecule has 0 saturated carbocycles. The Morgan fingerprint density at radius 1 is 1.03 bits per heavy atom. The van der Waals surface area contributed by atoms with Crippen LogP contribution < -0.4 is 10.1 Å². The maximum Gasteiger partial charge on any atom is 0.252 e. The smallest absolute Gasteiger partial charge is 0.252 e. The van der Waals surface area contributed by atoms with Crippen LogP contribution >= 0.6 is 0 Å². The minimum Gasteiger partial charge on any atom is -0.497 e. The van der Waals surface area contributed by atoms with E-state index in [1.807, 2.05) is 30.3 Å². The van der Waals surface area contributed by atoms with Gasteiger partial charge in [-0.3, -0.25) is 4.79 Å². The molecule has 1 aromatic heterocycles. The molecule has 1 amide bonds. The van der Waals surface area contributed by atoms with Crippen LogP contribution in [0, 0.1) is 5.82 Å². The van der Waals surface area contributed by atoms with Crippen molar-refractivity contribution >= 4 is 5.91 Å². The number of methoxy groups -OCH3 is 1. The fourth-order valence-electron chi connectivity index (χ4n) is 3.22. The zero-order chi connectivity index (χ0) is 21.6. The molecule has 0 atom stereocenters. The van der Waals surface area contributed by atoms with Crippen LogP contribution in [0.1, 0.15) is 15.9 Å². The first kappa shape index (κ1) is 20.3. The fraction of sp³-hybridized carbons (Fsp3) is 0.120. The van der Waals surface area contributed by atoms with E-state index in [0.29, 0.717) is 41.3 Å². The van der Waals surface area contributed by atoms with E-state index < -0.39 is 0 Å². The predicted molar refractivity (Wildman–Crippen MR) is 116 cm³/mol. The lowest BCUT2D eigenvalue weighted by molar-refractivity contribution is 0.0954. The molecule has 31 heavy (non-hydrogen) atoms. The maximum absolute atomic E-state index is 13.2. The summed E-state index contributed by atoms with van der Waals surface area (Å²) in [5, 5.41) is 2.95. The number of hydrogen-bond donors (Lipinski definition) is 1. The largest absolute Gasteiger partial charge is 0.497 e. The lowest BCUT2D eigenvalue weighted by atomic mass is 10.1. The van der Waals surface area contributed by atoms with Gasteiger partial charge in [-0.15, -0.1) is 0 Å². The summed E-state index contributed by atoms with van der Waals surface area (Å²) in [5.74, 6) is 1.11. The highest BCUT2D eigenvalue weighted by Crippen LogP contribution is 2.28. The van der Waals surface area contributed by atoms with E-state index in [1.165, 1.54) is 12.1 Å². The number of carbonyl (C=O) groups is 1. The van der Waals surface area contributed by atoms with Gasteiger partial charge >= 0.3 is 0 Å². The van der Waals surface area contributed by atoms with Gasteiger partial charge in [-0.1, -0.05) is 24.3 Å². The first-order chi connectivity index (χ1) is 15.1. The van der Waals surface area contributed by atoms with Crippen molar-refractivity contribution in [1.29, 1.82) is 0 Å². The molecule has 1 heterocycles. The van der Waals surface area contributed by atoms with Gasteiger partial charge in [0, 0.05) is 17.7 Å². The second kappa shape index (κ2) is 9.26. The standard InChI is InChI=1S/C25H21FN2O3/c1-30-20-12-6-17(7-13-20)14-15-27-24(29)21-4-2-3-5-22(21)25-28-16-23(31-25)18-8-10-19(26)11-9-18/h2-13,16H,14-15H2,1H3,(H,27,29). The average molecular weight is 416 g/mol. The number of hydrogen-bond acceptors (Lipinski definition) is 4. The van der Waals surface area contributed by atoms with E-state index in [2.05, 4.69) is 10.3 Å². The van der Waals surface area contributed by atoms with Crippen LogP contribution in [0.5, 0.6) is 5.75 Å². The van der Waals surface area contributed by atoms with Crippen LogP contribution in [0.2, 0.25) is 0 Å². The Kier molecular flexibility index (Phi) is 6.08. The number of nitrogens with one attached hydrogen (secondary N) is 1. The van der Waals surface area contributed by atoms with E-state index in [4.69, 9.17) is 9.15 Å². The zero-order valence-electron chi connectivity index (χ0n) is 17.0. The normalized spacial score (nSPS) is 10.6. The predicted octanol–water partition coefficient (Wildman–Crippen LogP) is 5.13. The van der Waals surface area contributed by atoms with Gasteiger partial charge < -0.3 is 14.5 Å². The minimum absolute atomic E-state index is 0.203. The highest BCUT2D eigenvalue weighted by molar-refractivity contribution is 6.00. The topological polar surface area (TPSA) is 64.4 Å². The summed E-state index contributed by atoms with van der Waals surface area (Å²) in [4.78, 5) is 17.1. The molecule has 0 aliphatic rings. The quantitative estimate of drug-likeness (QED) is 0.454. The molecule has 1 N–H and O–H groups in total. The average Bonchev–Trinajstić information content (AvgIpc) is 3.30. The van der Waals surface area contributed by atoms with Gasteiger partial charge in [0.05, 0.1) is 18.9 Å². The maximum atomic E-state index is 13.2. The Balaban J connectivity index is 1.46. The second-order valence-electron chi connectivity index (χ2n) is 6.94. The number of aromatic nitrogens is 1. The Bertz CT molecular complexity index is 1170. The van der Waals surface area contributed by atoms with Gasteiger partial charge in [0.1, 0.15) is 11.6 Å². The first-order valence-electron chi connectivity index (χ1n) is 9.86. The molecule has 5 nitrogen and oxygen atoms in total. The van der Waals surface area contributed by atoms with Crippen molar-refractivity contribution in [3.8, 4) is 28.5 Å². The van der Waals surface area contributed by atoms with E-state index >= 15 is 0 Å². The van der Waals surface area contributed by atoms with Crippen molar-refractivity contribution in [3.63, 3.8) is 0 Å². The van der Waals surface area contributed by atoms with E-state index in [1.54, 1.807) is 43.6 Å². The number of ether oxygens (including phenoxy) is 1. The lowest BCUT2D eigenvalue weighted by Crippen LogP contribution is -2.26. The number of amides is 1. The molecule has 0 saturated heterocycles. The van der Waals surface area contributed by atoms with Crippen LogP contribution in [-0.2, 0) is 6.42 Å². The second-order valence-corrected chi connectivity index (χ2v) is 6.94. The Hall–Kier alpha value is -3.93. The van der Waals surface area contributed by atoms with Gasteiger partial charge in [0.25, 0.3) is 5.91 Å². The molecule has 4 rings (SSSR count). The van der Waals surface area contributed by atoms with Crippen molar-refractivity contribution in [3.05, 3.63) is 95.9 Å². The SMILES string of the molecule is COc1ccc(CCNC(=O)c2ccccc2-c2ncc(-c3ccc(F)cc3)o2)cc1. The third-order valence-corrected chi connectivity index (χ3v) is 4.89. The molecule has 156 valence electrons. The van der Waals surface area contributed by atoms with Crippen LogP contribution in [0.4, 0.5) is 4.39 Å². The number of rotatable bonds is 7. The molecule has 4 aromatic rings. The summed E-state index contributed by atoms with van der Waals surface area (Å²) in [5.41, 5.74) is 2.88. The monoisotopic (exact) mass is 416 g/mol. The number of halogens is 1. The van der Waals surface area contributed by atoms with Crippen LogP contribution in [0.25, 0.3) is 22.8 Å². The van der Waals surface area contributed by atoms with Gasteiger partial charge in [0.15, 0.2) is 5.76 Å². The summed E-state index contributed by atoms with van der Waals surface area (Å²) in [6.45, 7) is 0.492. The van der Waals surface area contributed by atoms with Crippen molar-refractivity contribution in [1.82, 2.24) is 10.3 Å². The van der Waals surface area contributed by atoms with E-state index in [-0.39, 0.29) is 11.7 Å². The van der Waals surface area contributed by atoms with Gasteiger partial charge in [-0.25, -0.2) is 9.37 Å². The first-order valence-corrected chi connectivity index (χ1v) is 9.86. The number of carbonyl (C=O) groups excluding carboxylic acids is 1. The summed E-state index contributed by atoms with van der Waals surface area (Å²) < 4.78 is 24.2. The Morgan fingerprint density at radius 2 is 1.77 bits per heavy atom. The van der Waals surface area contributed by atoms with Crippen molar-refractivity contribution in [2.75, 3.05) is 13.7 Å². The lowest BCUT2D eigenvalue weighted by Gasteiger charge is -2.09. The van der Waals surface area contributed by atoms with Crippen LogP contribution in [0.3, 0.4) is 0 Å². The van der Waals surface area contributed by atoms with Gasteiger partial charge in [-0.05, 0) is 60.5 Å². The summed E-state index contributed by atoms with van der Waals surface area (Å²) >= 11 is 0. The molecule has 0 spiro atoms. The highest BCUT2D eigenvalue weighted by Gasteiger charge is 2.16. The number of benzene rings is 3. The Labute approximate surface area is 179 Å². The summed E-state index contributed by atoms with van der Waals surface area (Å²) in [6.07, 6.45) is 2.27. The molecular weight excluding hydrogens is 395 g/mol. The summed E-state index contributed by atoms with van der Waals surface area (Å²) in [7, 11) is 1.63. The third kappa shape index (κ3) is 4.80. The molecule has 3 aromatic carbocycles. The molecule has 0 fully saturated rings. The third-order valence-electron chi connectivity index (χ3n) is 4.89. The Morgan fingerprint density at radius 3 is 2.52 bits per heavy atom. The van der Waals surface area contributed by atoms with Crippen molar-refractivity contribution in [2.45, 2.75) is 6.42 Å². The fourth-order valence-corrected chi connectivity index (χ4v) is 3.22. The molecule has 0 aliphatic carbocycles. The van der Waals surface area contributed by atoms with E-state index in [0.717, 1.165) is 11.3 Å². The molecular formula is C25H21FN2O3. The van der Waals surface area contributed by atoms with Crippen LogP contribution in [0.15, 0.2) is 83.4 Å². The molecule has 0 aliphatic heterocycles.